The van der Waals surface area contributed by atoms with Gasteiger partial charge >= 0.3 is 5.97 Å². The summed E-state index contributed by atoms with van der Waals surface area (Å²) in [6.45, 7) is 0.304. The van der Waals surface area contributed by atoms with Crippen LogP contribution in [0.2, 0.25) is 5.02 Å². The van der Waals surface area contributed by atoms with Gasteiger partial charge < -0.3 is 19.6 Å². The van der Waals surface area contributed by atoms with Crippen LogP contribution < -0.4 is 4.90 Å². The summed E-state index contributed by atoms with van der Waals surface area (Å²) < 4.78 is 4.50. The minimum atomic E-state index is -0.928. The molecule has 168 valence electrons. The molecular weight excluding hydrogens is 452 g/mol. The Balaban J connectivity index is 1.63. The summed E-state index contributed by atoms with van der Waals surface area (Å²) in [5.41, 5.74) is 0.564. The first-order valence-corrected chi connectivity index (χ1v) is 11.9. The fourth-order valence-corrected chi connectivity index (χ4v) is 7.58. The zero-order valence-corrected chi connectivity index (χ0v) is 18.8. The molecule has 1 N–H and O–H groups in total. The minimum absolute atomic E-state index is 0.0144. The molecule has 0 aromatic heterocycles. The van der Waals surface area contributed by atoms with Crippen molar-refractivity contribution in [3.8, 4) is 0 Å². The van der Waals surface area contributed by atoms with E-state index in [4.69, 9.17) is 16.3 Å². The number of hydrogen-bond acceptors (Lipinski definition) is 6. The molecule has 2 fully saturated rings. The molecule has 4 aliphatic heterocycles. The van der Waals surface area contributed by atoms with Crippen molar-refractivity contribution in [3.63, 3.8) is 0 Å². The molecule has 1 unspecified atom stereocenters. The Morgan fingerprint density at radius 2 is 2.00 bits per heavy atom. The quantitative estimate of drug-likeness (QED) is 0.533. The topological polar surface area (TPSA) is 87.2 Å². The molecule has 0 bridgehead atoms. The summed E-state index contributed by atoms with van der Waals surface area (Å²) in [7, 11) is 0. The Hall–Kier alpha value is -2.29. The molecule has 1 aromatic carbocycles. The molecule has 0 aliphatic carbocycles. The van der Waals surface area contributed by atoms with Gasteiger partial charge in [0.25, 0.3) is 5.91 Å². The molecule has 32 heavy (non-hydrogen) atoms. The highest BCUT2D eigenvalue weighted by Crippen LogP contribution is 2.60. The van der Waals surface area contributed by atoms with E-state index in [1.54, 1.807) is 29.2 Å². The van der Waals surface area contributed by atoms with Gasteiger partial charge in [0.1, 0.15) is 6.04 Å². The Bertz CT molecular complexity index is 1030. The molecule has 0 saturated carbocycles. The van der Waals surface area contributed by atoms with E-state index < -0.39 is 28.6 Å². The number of likely N-dealkylation sites (tertiary alicyclic amines) is 1. The molecule has 1 aromatic rings. The highest BCUT2D eigenvalue weighted by atomic mass is 35.5. The second kappa shape index (κ2) is 8.24. The van der Waals surface area contributed by atoms with E-state index in [9.17, 15) is 19.5 Å². The maximum atomic E-state index is 14.0. The van der Waals surface area contributed by atoms with Gasteiger partial charge in [-0.05, 0) is 18.6 Å². The lowest BCUT2D eigenvalue weighted by atomic mass is 9.78. The summed E-state index contributed by atoms with van der Waals surface area (Å²) in [4.78, 5) is 43.6. The van der Waals surface area contributed by atoms with Gasteiger partial charge in [0, 0.05) is 18.3 Å². The van der Waals surface area contributed by atoms with Gasteiger partial charge in [-0.15, -0.1) is 11.8 Å². The maximum absolute atomic E-state index is 14.0. The van der Waals surface area contributed by atoms with E-state index in [1.165, 1.54) is 16.7 Å². The Kier molecular flexibility index (Phi) is 5.55. The molecule has 0 radical (unpaired) electrons. The van der Waals surface area contributed by atoms with Crippen LogP contribution in [-0.4, -0.2) is 70.1 Å². The van der Waals surface area contributed by atoms with Gasteiger partial charge in [0.15, 0.2) is 0 Å². The summed E-state index contributed by atoms with van der Waals surface area (Å²) >= 11 is 7.87. The molecule has 9 heteroatoms. The van der Waals surface area contributed by atoms with E-state index in [0.717, 1.165) is 0 Å². The van der Waals surface area contributed by atoms with Gasteiger partial charge in [-0.25, -0.2) is 0 Å². The number of aliphatic hydroxyl groups excluding tert-OH is 1. The van der Waals surface area contributed by atoms with Crippen molar-refractivity contribution < 1.29 is 24.2 Å². The number of carbonyl (C=O) groups excluding carboxylic acids is 3. The molecule has 5 atom stereocenters. The fourth-order valence-electron chi connectivity index (χ4n) is 5.34. The van der Waals surface area contributed by atoms with E-state index in [1.807, 2.05) is 24.3 Å². The van der Waals surface area contributed by atoms with Crippen molar-refractivity contribution in [2.24, 2.45) is 11.8 Å². The largest absolute Gasteiger partial charge is 0.465 e. The van der Waals surface area contributed by atoms with Crippen LogP contribution in [-0.2, 0) is 19.1 Å². The number of esters is 1. The monoisotopic (exact) mass is 474 g/mol. The highest BCUT2D eigenvalue weighted by molar-refractivity contribution is 8.02. The van der Waals surface area contributed by atoms with Gasteiger partial charge in [0.2, 0.25) is 5.91 Å². The van der Waals surface area contributed by atoms with E-state index in [2.05, 4.69) is 0 Å². The molecule has 4 heterocycles. The molecule has 7 nitrogen and oxygen atoms in total. The van der Waals surface area contributed by atoms with Crippen LogP contribution >= 0.6 is 23.4 Å². The predicted molar refractivity (Wildman–Crippen MR) is 121 cm³/mol. The predicted octanol–water partition coefficient (Wildman–Crippen LogP) is 2.04. The maximum Gasteiger partial charge on any atom is 0.311 e. The van der Waals surface area contributed by atoms with Crippen molar-refractivity contribution in [2.45, 2.75) is 22.5 Å². The van der Waals surface area contributed by atoms with Crippen molar-refractivity contribution in [1.82, 2.24) is 4.90 Å². The number of rotatable bonds is 3. The second-order valence-corrected chi connectivity index (χ2v) is 10.2. The minimum Gasteiger partial charge on any atom is -0.465 e. The van der Waals surface area contributed by atoms with Gasteiger partial charge in [-0.3, -0.25) is 14.4 Å². The Morgan fingerprint density at radius 1 is 1.19 bits per heavy atom. The third-order valence-corrected chi connectivity index (χ3v) is 8.67. The molecule has 5 rings (SSSR count). The molecular formula is C23H23ClN2O5S. The Labute approximate surface area is 195 Å². The highest BCUT2D eigenvalue weighted by Gasteiger charge is 2.71. The number of ether oxygens (including phenoxy) is 1. The smallest absolute Gasteiger partial charge is 0.311 e. The zero-order valence-electron chi connectivity index (χ0n) is 17.2. The van der Waals surface area contributed by atoms with Gasteiger partial charge in [0.05, 0.1) is 40.5 Å². The lowest BCUT2D eigenvalue weighted by molar-refractivity contribution is -0.153. The van der Waals surface area contributed by atoms with Crippen LogP contribution in [0.4, 0.5) is 5.69 Å². The normalized spacial score (nSPS) is 33.9. The number of amides is 2. The van der Waals surface area contributed by atoms with Crippen molar-refractivity contribution in [1.29, 1.82) is 0 Å². The van der Waals surface area contributed by atoms with E-state index >= 15 is 0 Å². The standard InChI is InChI=1S/C23H23ClN2O5S/c24-14-6-1-2-7-15(14)25-10-5-9-23-18(20(28)26(11-12-27)19(23)21(25)29)17-16(32-23)8-3-4-13-31-22(17)30/h1-3,5-9,16-19,27H,4,10-13H2/t16-,17+,18-,19?,23-/m0/s1. The van der Waals surface area contributed by atoms with E-state index in [-0.39, 0.29) is 36.8 Å². The lowest BCUT2D eigenvalue weighted by Crippen LogP contribution is -2.53. The summed E-state index contributed by atoms with van der Waals surface area (Å²) in [6.07, 6.45) is 8.36. The molecule has 2 amide bonds. The lowest BCUT2D eigenvalue weighted by Gasteiger charge is -2.35. The zero-order chi connectivity index (χ0) is 22.5. The number of benzene rings is 1. The number of nitrogens with zero attached hydrogens (tertiary/aromatic N) is 2. The first kappa shape index (κ1) is 21.6. The number of aliphatic hydroxyl groups is 1. The fraction of sp³-hybridized carbons (Fsp3) is 0.435. The van der Waals surface area contributed by atoms with Crippen LogP contribution in [0.25, 0.3) is 0 Å². The number of carbonyl (C=O) groups is 3. The average molecular weight is 475 g/mol. The van der Waals surface area contributed by atoms with Crippen LogP contribution in [0, 0.1) is 11.8 Å². The van der Waals surface area contributed by atoms with Crippen LogP contribution in [0.3, 0.4) is 0 Å². The van der Waals surface area contributed by atoms with Crippen LogP contribution in [0.5, 0.6) is 0 Å². The number of halogens is 1. The summed E-state index contributed by atoms with van der Waals surface area (Å²) in [6, 6.07) is 6.23. The van der Waals surface area contributed by atoms with E-state index in [0.29, 0.717) is 23.7 Å². The van der Waals surface area contributed by atoms with Crippen LogP contribution in [0.15, 0.2) is 48.6 Å². The second-order valence-electron chi connectivity index (χ2n) is 8.28. The first-order chi connectivity index (χ1) is 15.5. The number of fused-ring (bicyclic) bond motifs is 2. The number of thioether (sulfide) groups is 1. The number of anilines is 1. The third kappa shape index (κ3) is 3.11. The SMILES string of the molecule is O=C1OCCC=C[C@@H]2S[C@]34C=CCN(c5ccccc5Cl)C(=O)C3N(CCO)C(=O)[C@@H]4[C@H]12. The first-order valence-electron chi connectivity index (χ1n) is 10.7. The third-order valence-electron chi connectivity index (χ3n) is 6.60. The average Bonchev–Trinajstić information content (AvgIpc) is 3.13. The molecule has 2 saturated heterocycles. The van der Waals surface area contributed by atoms with Crippen molar-refractivity contribution >= 4 is 46.8 Å². The van der Waals surface area contributed by atoms with Crippen molar-refractivity contribution in [3.05, 3.63) is 53.6 Å². The molecule has 1 spiro atoms. The number of cyclic esters (lactones) is 1. The Morgan fingerprint density at radius 3 is 2.78 bits per heavy atom. The summed E-state index contributed by atoms with van der Waals surface area (Å²) in [5.74, 6) is -2.39. The van der Waals surface area contributed by atoms with Crippen molar-refractivity contribution in [2.75, 3.05) is 31.2 Å². The number of para-hydroxylation sites is 1. The molecule has 4 aliphatic rings. The number of hydrogen-bond donors (Lipinski definition) is 1. The van der Waals surface area contributed by atoms with Gasteiger partial charge in [-0.1, -0.05) is 48.0 Å². The summed E-state index contributed by atoms with van der Waals surface area (Å²) in [5, 5.41) is 9.85. The number of β-amino-alcohol motifs (C(OH)–C–C–N with tert-alkyl or cyclic N) is 1. The van der Waals surface area contributed by atoms with Gasteiger partial charge in [-0.2, -0.15) is 0 Å². The van der Waals surface area contributed by atoms with Crippen LogP contribution in [0.1, 0.15) is 6.42 Å².